The van der Waals surface area contributed by atoms with E-state index in [1.54, 1.807) is 0 Å². The van der Waals surface area contributed by atoms with E-state index in [-0.39, 0.29) is 6.04 Å². The van der Waals surface area contributed by atoms with Crippen molar-refractivity contribution in [3.05, 3.63) is 47.0 Å². The van der Waals surface area contributed by atoms with Gasteiger partial charge in [0, 0.05) is 18.8 Å². The second-order valence-corrected chi connectivity index (χ2v) is 6.71. The van der Waals surface area contributed by atoms with Crippen molar-refractivity contribution in [2.45, 2.75) is 44.1 Å². The molecule has 0 bridgehead atoms. The number of hydrogen-bond acceptors (Lipinski definition) is 2. The molecular weight excluding hydrogens is 331 g/mol. The molecule has 2 fully saturated rings. The monoisotopic (exact) mass is 349 g/mol. The van der Waals surface area contributed by atoms with Crippen LogP contribution in [0, 0.1) is 5.95 Å². The molecule has 0 N–H and O–H groups in total. The van der Waals surface area contributed by atoms with Crippen molar-refractivity contribution in [1.82, 2.24) is 9.78 Å². The van der Waals surface area contributed by atoms with E-state index in [2.05, 4.69) is 5.10 Å². The van der Waals surface area contributed by atoms with Crippen LogP contribution in [-0.2, 0) is 7.05 Å². The van der Waals surface area contributed by atoms with Crippen molar-refractivity contribution in [2.75, 3.05) is 4.90 Å². The Hall–Kier alpha value is -2.31. The maximum absolute atomic E-state index is 14.4. The fraction of sp³-hybridized carbons (Fsp3) is 0.444. The van der Waals surface area contributed by atoms with Gasteiger partial charge in [-0.05, 0) is 43.2 Å². The smallest absolute Gasteiger partial charge is 0.283 e. The molecule has 0 spiro atoms. The van der Waals surface area contributed by atoms with E-state index in [9.17, 15) is 18.0 Å². The summed E-state index contributed by atoms with van der Waals surface area (Å²) in [5.74, 6) is -1.36. The molecule has 2 aromatic rings. The number of aromatic nitrogens is 2. The Morgan fingerprint density at radius 1 is 1.24 bits per heavy atom. The first-order chi connectivity index (χ1) is 12.0. The highest BCUT2D eigenvalue weighted by Crippen LogP contribution is 2.46. The van der Waals surface area contributed by atoms with E-state index in [4.69, 9.17) is 0 Å². The van der Waals surface area contributed by atoms with Gasteiger partial charge < -0.3 is 4.90 Å². The number of halogens is 3. The zero-order valence-corrected chi connectivity index (χ0v) is 13.8. The molecule has 4 rings (SSSR count). The fourth-order valence-corrected chi connectivity index (χ4v) is 3.25. The molecule has 1 heterocycles. The molecule has 0 radical (unpaired) electrons. The molecule has 25 heavy (non-hydrogen) atoms. The van der Waals surface area contributed by atoms with Crippen LogP contribution >= 0.6 is 0 Å². The van der Waals surface area contributed by atoms with Crippen LogP contribution in [0.15, 0.2) is 24.3 Å². The zero-order chi connectivity index (χ0) is 17.7. The zero-order valence-electron chi connectivity index (χ0n) is 13.8. The van der Waals surface area contributed by atoms with Crippen molar-refractivity contribution in [2.24, 2.45) is 7.05 Å². The van der Waals surface area contributed by atoms with Crippen LogP contribution in [0.3, 0.4) is 0 Å². The Kier molecular flexibility index (Phi) is 3.81. The summed E-state index contributed by atoms with van der Waals surface area (Å²) in [5, 5.41) is 3.50. The van der Waals surface area contributed by atoms with Crippen LogP contribution in [0.4, 0.5) is 18.9 Å². The largest absolute Gasteiger partial charge is 0.305 e. The van der Waals surface area contributed by atoms with Crippen molar-refractivity contribution >= 4 is 11.6 Å². The first-order valence-electron chi connectivity index (χ1n) is 8.42. The predicted octanol–water partition coefficient (Wildman–Crippen LogP) is 4.18. The highest BCUT2D eigenvalue weighted by Gasteiger charge is 2.41. The highest BCUT2D eigenvalue weighted by molar-refractivity contribution is 6.08. The molecular formula is C18H18F3N3O. The van der Waals surface area contributed by atoms with Gasteiger partial charge in [0.15, 0.2) is 0 Å². The van der Waals surface area contributed by atoms with Gasteiger partial charge in [0.1, 0.15) is 11.3 Å². The summed E-state index contributed by atoms with van der Waals surface area (Å²) in [5.41, 5.74) is 0.334. The molecule has 4 nitrogen and oxygen atoms in total. The van der Waals surface area contributed by atoms with Crippen LogP contribution in [0.2, 0.25) is 0 Å². The third-order valence-electron chi connectivity index (χ3n) is 4.77. The summed E-state index contributed by atoms with van der Waals surface area (Å²) >= 11 is 0. The standard InChI is InChI=1S/C18H18F3N3O/c1-23-17(21)14(15(22-23)16(19)20)18(25)24(11-8-9-11)13-5-3-2-4-12(13)10-6-7-10/h2-5,10-11,16H,6-9H2,1H3. The van der Waals surface area contributed by atoms with Gasteiger partial charge >= 0.3 is 0 Å². The summed E-state index contributed by atoms with van der Waals surface area (Å²) in [6.45, 7) is 0. The summed E-state index contributed by atoms with van der Waals surface area (Å²) in [6, 6.07) is 7.43. The van der Waals surface area contributed by atoms with Gasteiger partial charge in [-0.25, -0.2) is 13.5 Å². The second-order valence-electron chi connectivity index (χ2n) is 6.71. The van der Waals surface area contributed by atoms with Gasteiger partial charge in [0.05, 0.1) is 0 Å². The maximum atomic E-state index is 14.4. The van der Waals surface area contributed by atoms with Crippen LogP contribution in [0.25, 0.3) is 0 Å². The maximum Gasteiger partial charge on any atom is 0.283 e. The lowest BCUT2D eigenvalue weighted by molar-refractivity contribution is 0.0965. The number of hydrogen-bond donors (Lipinski definition) is 0. The number of nitrogens with zero attached hydrogens (tertiary/aromatic N) is 3. The number of carbonyl (C=O) groups is 1. The van der Waals surface area contributed by atoms with E-state index in [0.29, 0.717) is 16.3 Å². The average molecular weight is 349 g/mol. The summed E-state index contributed by atoms with van der Waals surface area (Å²) in [4.78, 5) is 14.6. The van der Waals surface area contributed by atoms with E-state index in [0.717, 1.165) is 31.2 Å². The first-order valence-corrected chi connectivity index (χ1v) is 8.42. The number of para-hydroxylation sites is 1. The van der Waals surface area contributed by atoms with Gasteiger partial charge in [-0.15, -0.1) is 0 Å². The molecule has 132 valence electrons. The minimum Gasteiger partial charge on any atom is -0.305 e. The molecule has 2 aliphatic rings. The van der Waals surface area contributed by atoms with Crippen LogP contribution < -0.4 is 4.90 Å². The lowest BCUT2D eigenvalue weighted by Gasteiger charge is -2.25. The van der Waals surface area contributed by atoms with Crippen LogP contribution in [0.1, 0.15) is 59.6 Å². The summed E-state index contributed by atoms with van der Waals surface area (Å²) < 4.78 is 41.6. The van der Waals surface area contributed by atoms with Gasteiger partial charge in [-0.1, -0.05) is 18.2 Å². The normalized spacial score (nSPS) is 17.2. The number of amides is 1. The molecule has 0 atom stereocenters. The quantitative estimate of drug-likeness (QED) is 0.812. The van der Waals surface area contributed by atoms with Gasteiger partial charge in [-0.3, -0.25) is 4.79 Å². The average Bonchev–Trinajstić information content (AvgIpc) is 3.48. The van der Waals surface area contributed by atoms with Crippen molar-refractivity contribution in [3.63, 3.8) is 0 Å². The lowest BCUT2D eigenvalue weighted by atomic mass is 10.1. The molecule has 2 aliphatic carbocycles. The van der Waals surface area contributed by atoms with Gasteiger partial charge in [-0.2, -0.15) is 9.49 Å². The Bertz CT molecular complexity index is 825. The van der Waals surface area contributed by atoms with Crippen molar-refractivity contribution in [1.29, 1.82) is 0 Å². The number of rotatable bonds is 5. The Morgan fingerprint density at radius 2 is 1.92 bits per heavy atom. The lowest BCUT2D eigenvalue weighted by Crippen LogP contribution is -2.35. The fourth-order valence-electron chi connectivity index (χ4n) is 3.25. The predicted molar refractivity (Wildman–Crippen MR) is 86.4 cm³/mol. The summed E-state index contributed by atoms with van der Waals surface area (Å²) in [6.07, 6.45) is 0.669. The summed E-state index contributed by atoms with van der Waals surface area (Å²) in [7, 11) is 1.22. The molecule has 1 amide bonds. The van der Waals surface area contributed by atoms with Gasteiger partial charge in [0.2, 0.25) is 5.95 Å². The third kappa shape index (κ3) is 2.81. The van der Waals surface area contributed by atoms with E-state index < -0.39 is 29.5 Å². The minimum absolute atomic E-state index is 0.0717. The van der Waals surface area contributed by atoms with E-state index in [1.807, 2.05) is 24.3 Å². The van der Waals surface area contributed by atoms with Gasteiger partial charge in [0.25, 0.3) is 12.3 Å². The van der Waals surface area contributed by atoms with E-state index in [1.165, 1.54) is 11.9 Å². The molecule has 7 heteroatoms. The Labute approximate surface area is 143 Å². The van der Waals surface area contributed by atoms with Crippen LogP contribution in [-0.4, -0.2) is 21.7 Å². The number of aryl methyl sites for hydroxylation is 1. The molecule has 0 aliphatic heterocycles. The van der Waals surface area contributed by atoms with Crippen molar-refractivity contribution < 1.29 is 18.0 Å². The number of benzene rings is 1. The number of alkyl halides is 2. The molecule has 0 unspecified atom stereocenters. The third-order valence-corrected chi connectivity index (χ3v) is 4.77. The first kappa shape index (κ1) is 16.2. The van der Waals surface area contributed by atoms with E-state index >= 15 is 0 Å². The van der Waals surface area contributed by atoms with Crippen molar-refractivity contribution in [3.8, 4) is 0 Å². The minimum atomic E-state index is -3.01. The molecule has 2 saturated carbocycles. The number of carbonyl (C=O) groups excluding carboxylic acids is 1. The topological polar surface area (TPSA) is 38.1 Å². The second kappa shape index (κ2) is 5.89. The molecule has 1 aromatic carbocycles. The molecule has 0 saturated heterocycles. The molecule has 1 aromatic heterocycles. The highest BCUT2D eigenvalue weighted by atomic mass is 19.3. The SMILES string of the molecule is Cn1nc(C(F)F)c(C(=O)N(c2ccccc2C2CC2)C2CC2)c1F. The number of anilines is 1. The Morgan fingerprint density at radius 3 is 2.52 bits per heavy atom. The Balaban J connectivity index is 1.80. The van der Waals surface area contributed by atoms with Crippen LogP contribution in [0.5, 0.6) is 0 Å².